The number of fused-ring (bicyclic) bond motifs is 1. The van der Waals surface area contributed by atoms with Crippen molar-refractivity contribution < 1.29 is 14.1 Å². The average molecular weight is 407 g/mol. The Balaban J connectivity index is 1.65. The number of para-hydroxylation sites is 1. The SMILES string of the molecule is Cc1ccc(-c2nc3ccccc3s2)cc1NC(=O)c1ccc(F)c([N+](=O)[O-])c1. The van der Waals surface area contributed by atoms with Crippen molar-refractivity contribution in [1.82, 2.24) is 4.98 Å². The lowest BCUT2D eigenvalue weighted by Crippen LogP contribution is -2.13. The first-order valence-corrected chi connectivity index (χ1v) is 9.46. The van der Waals surface area contributed by atoms with Crippen molar-refractivity contribution >= 4 is 38.8 Å². The van der Waals surface area contributed by atoms with E-state index in [0.717, 1.165) is 38.5 Å². The van der Waals surface area contributed by atoms with Gasteiger partial charge in [0, 0.05) is 22.9 Å². The Morgan fingerprint density at radius 1 is 1.14 bits per heavy atom. The number of rotatable bonds is 4. The number of hydrogen-bond acceptors (Lipinski definition) is 5. The topological polar surface area (TPSA) is 85.1 Å². The number of thiazole rings is 1. The second-order valence-electron chi connectivity index (χ2n) is 6.39. The zero-order chi connectivity index (χ0) is 20.5. The maximum atomic E-state index is 13.5. The summed E-state index contributed by atoms with van der Waals surface area (Å²) >= 11 is 1.55. The Bertz CT molecular complexity index is 1240. The van der Waals surface area contributed by atoms with Crippen LogP contribution in [-0.2, 0) is 0 Å². The van der Waals surface area contributed by atoms with Crippen LogP contribution in [0.15, 0.2) is 60.7 Å². The number of carbonyl (C=O) groups is 1. The van der Waals surface area contributed by atoms with Crippen LogP contribution in [0.5, 0.6) is 0 Å². The molecule has 0 aliphatic heterocycles. The molecule has 0 spiro atoms. The van der Waals surface area contributed by atoms with E-state index in [1.165, 1.54) is 6.07 Å². The number of nitrogens with zero attached hydrogens (tertiary/aromatic N) is 2. The van der Waals surface area contributed by atoms with Crippen LogP contribution in [0.4, 0.5) is 15.8 Å². The molecule has 1 aromatic heterocycles. The number of amides is 1. The zero-order valence-electron chi connectivity index (χ0n) is 15.2. The molecule has 1 N–H and O–H groups in total. The molecule has 144 valence electrons. The third kappa shape index (κ3) is 3.70. The molecule has 6 nitrogen and oxygen atoms in total. The number of anilines is 1. The molecule has 0 fully saturated rings. The molecule has 0 atom stereocenters. The third-order valence-corrected chi connectivity index (χ3v) is 5.52. The van der Waals surface area contributed by atoms with E-state index < -0.39 is 22.3 Å². The van der Waals surface area contributed by atoms with Gasteiger partial charge in [-0.05, 0) is 42.8 Å². The molecule has 1 heterocycles. The molecule has 0 aliphatic carbocycles. The fourth-order valence-corrected chi connectivity index (χ4v) is 3.84. The molecule has 0 bridgehead atoms. The van der Waals surface area contributed by atoms with Gasteiger partial charge in [-0.3, -0.25) is 14.9 Å². The molecule has 4 aromatic rings. The maximum Gasteiger partial charge on any atom is 0.305 e. The van der Waals surface area contributed by atoms with E-state index in [1.54, 1.807) is 11.3 Å². The van der Waals surface area contributed by atoms with Gasteiger partial charge in [0.1, 0.15) is 5.01 Å². The van der Waals surface area contributed by atoms with Crippen LogP contribution >= 0.6 is 11.3 Å². The first-order chi connectivity index (χ1) is 13.9. The van der Waals surface area contributed by atoms with Gasteiger partial charge in [0.15, 0.2) is 0 Å². The normalized spacial score (nSPS) is 10.8. The maximum absolute atomic E-state index is 13.5. The third-order valence-electron chi connectivity index (χ3n) is 4.43. The summed E-state index contributed by atoms with van der Waals surface area (Å²) in [6, 6.07) is 16.5. The van der Waals surface area contributed by atoms with Crippen molar-refractivity contribution in [2.45, 2.75) is 6.92 Å². The fourth-order valence-electron chi connectivity index (χ4n) is 2.87. The number of nitro benzene ring substituents is 1. The molecule has 0 saturated carbocycles. The first-order valence-electron chi connectivity index (χ1n) is 8.64. The number of hydrogen-bond donors (Lipinski definition) is 1. The Hall–Kier alpha value is -3.65. The van der Waals surface area contributed by atoms with E-state index in [1.807, 2.05) is 49.4 Å². The van der Waals surface area contributed by atoms with Crippen molar-refractivity contribution in [3.05, 3.63) is 87.7 Å². The lowest BCUT2D eigenvalue weighted by Gasteiger charge is -2.10. The van der Waals surface area contributed by atoms with Gasteiger partial charge in [0.2, 0.25) is 5.82 Å². The quantitative estimate of drug-likeness (QED) is 0.354. The van der Waals surface area contributed by atoms with E-state index in [0.29, 0.717) is 5.69 Å². The van der Waals surface area contributed by atoms with E-state index in [2.05, 4.69) is 10.3 Å². The van der Waals surface area contributed by atoms with Gasteiger partial charge in [-0.15, -0.1) is 11.3 Å². The Morgan fingerprint density at radius 2 is 1.93 bits per heavy atom. The second kappa shape index (κ2) is 7.40. The number of halogens is 1. The Kier molecular flexibility index (Phi) is 4.77. The van der Waals surface area contributed by atoms with Crippen LogP contribution < -0.4 is 5.32 Å². The average Bonchev–Trinajstić information content (AvgIpc) is 3.14. The van der Waals surface area contributed by atoms with Crippen LogP contribution in [-0.4, -0.2) is 15.8 Å². The number of benzene rings is 3. The Morgan fingerprint density at radius 3 is 2.69 bits per heavy atom. The summed E-state index contributed by atoms with van der Waals surface area (Å²) in [5, 5.41) is 14.5. The monoisotopic (exact) mass is 407 g/mol. The predicted molar refractivity (Wildman–Crippen MR) is 111 cm³/mol. The standard InChI is InChI=1S/C21H14FN3O3S/c1-12-6-7-14(21-24-16-4-2-3-5-19(16)29-21)10-17(12)23-20(26)13-8-9-15(22)18(11-13)25(27)28/h2-11H,1H3,(H,23,26). The number of nitro groups is 1. The van der Waals surface area contributed by atoms with Crippen molar-refractivity contribution in [3.8, 4) is 10.6 Å². The van der Waals surface area contributed by atoms with E-state index in [9.17, 15) is 19.3 Å². The molecule has 0 aliphatic rings. The molecule has 4 rings (SSSR count). The molecule has 3 aromatic carbocycles. The summed E-state index contributed by atoms with van der Waals surface area (Å²) in [5.74, 6) is -1.54. The largest absolute Gasteiger partial charge is 0.322 e. The van der Waals surface area contributed by atoms with Gasteiger partial charge in [-0.25, -0.2) is 4.98 Å². The van der Waals surface area contributed by atoms with Crippen LogP contribution in [0.25, 0.3) is 20.8 Å². The van der Waals surface area contributed by atoms with Gasteiger partial charge < -0.3 is 5.32 Å². The van der Waals surface area contributed by atoms with Crippen molar-refractivity contribution in [2.75, 3.05) is 5.32 Å². The minimum absolute atomic E-state index is 0.00268. The molecular formula is C21H14FN3O3S. The van der Waals surface area contributed by atoms with Gasteiger partial charge >= 0.3 is 5.69 Å². The van der Waals surface area contributed by atoms with Crippen molar-refractivity contribution in [2.24, 2.45) is 0 Å². The minimum Gasteiger partial charge on any atom is -0.322 e. The number of carbonyl (C=O) groups excluding carboxylic acids is 1. The fraction of sp³-hybridized carbons (Fsp3) is 0.0476. The molecule has 8 heteroatoms. The summed E-state index contributed by atoms with van der Waals surface area (Å²) in [6.45, 7) is 1.84. The highest BCUT2D eigenvalue weighted by molar-refractivity contribution is 7.21. The van der Waals surface area contributed by atoms with Crippen LogP contribution in [0.2, 0.25) is 0 Å². The Labute approximate surface area is 168 Å². The summed E-state index contributed by atoms with van der Waals surface area (Å²) < 4.78 is 14.6. The molecule has 29 heavy (non-hydrogen) atoms. The minimum atomic E-state index is -0.986. The van der Waals surface area contributed by atoms with Crippen molar-refractivity contribution in [3.63, 3.8) is 0 Å². The second-order valence-corrected chi connectivity index (χ2v) is 7.42. The van der Waals surface area contributed by atoms with Crippen LogP contribution in [0.3, 0.4) is 0 Å². The molecule has 0 saturated heterocycles. The summed E-state index contributed by atoms with van der Waals surface area (Å²) in [7, 11) is 0. The highest BCUT2D eigenvalue weighted by Crippen LogP contribution is 2.32. The lowest BCUT2D eigenvalue weighted by molar-refractivity contribution is -0.387. The molecule has 0 radical (unpaired) electrons. The lowest BCUT2D eigenvalue weighted by atomic mass is 10.1. The van der Waals surface area contributed by atoms with Crippen molar-refractivity contribution in [1.29, 1.82) is 0 Å². The van der Waals surface area contributed by atoms with Gasteiger partial charge in [-0.2, -0.15) is 4.39 Å². The van der Waals surface area contributed by atoms with Gasteiger partial charge in [0.05, 0.1) is 15.1 Å². The summed E-state index contributed by atoms with van der Waals surface area (Å²) in [6.07, 6.45) is 0. The van der Waals surface area contributed by atoms with Crippen LogP contribution in [0, 0.1) is 22.9 Å². The van der Waals surface area contributed by atoms with Gasteiger partial charge in [0.25, 0.3) is 5.91 Å². The highest BCUT2D eigenvalue weighted by Gasteiger charge is 2.18. The number of aromatic nitrogens is 1. The smallest absolute Gasteiger partial charge is 0.305 e. The summed E-state index contributed by atoms with van der Waals surface area (Å²) in [4.78, 5) is 27.2. The van der Waals surface area contributed by atoms with Gasteiger partial charge in [-0.1, -0.05) is 24.3 Å². The zero-order valence-corrected chi connectivity index (χ0v) is 16.0. The molecular weight excluding hydrogens is 393 g/mol. The highest BCUT2D eigenvalue weighted by atomic mass is 32.1. The molecule has 1 amide bonds. The van der Waals surface area contributed by atoms with Crippen LogP contribution in [0.1, 0.15) is 15.9 Å². The summed E-state index contributed by atoms with van der Waals surface area (Å²) in [5.41, 5.74) is 2.38. The van der Waals surface area contributed by atoms with E-state index >= 15 is 0 Å². The predicted octanol–water partition coefficient (Wildman–Crippen LogP) is 5.57. The van der Waals surface area contributed by atoms with E-state index in [4.69, 9.17) is 0 Å². The van der Waals surface area contributed by atoms with E-state index in [-0.39, 0.29) is 5.56 Å². The number of nitrogens with one attached hydrogen (secondary N) is 1. The number of aryl methyl sites for hydroxylation is 1. The first kappa shape index (κ1) is 18.7. The molecule has 0 unspecified atom stereocenters.